The maximum absolute atomic E-state index is 11.6. The number of rotatable bonds is 6. The molecule has 7 nitrogen and oxygen atoms in total. The Bertz CT molecular complexity index is 606. The van der Waals surface area contributed by atoms with Crippen LogP contribution in [-0.4, -0.2) is 38.0 Å². The van der Waals surface area contributed by atoms with E-state index < -0.39 is 6.10 Å². The zero-order valence-corrected chi connectivity index (χ0v) is 10.8. The van der Waals surface area contributed by atoms with Gasteiger partial charge in [-0.1, -0.05) is 6.07 Å². The van der Waals surface area contributed by atoms with Crippen LogP contribution in [0.15, 0.2) is 47.7 Å². The molecule has 2 N–H and O–H groups in total. The summed E-state index contributed by atoms with van der Waals surface area (Å²) in [6.45, 7) is 0.328. The van der Waals surface area contributed by atoms with Crippen molar-refractivity contribution in [3.8, 4) is 0 Å². The molecule has 20 heavy (non-hydrogen) atoms. The summed E-state index contributed by atoms with van der Waals surface area (Å²) in [5.74, 6) is -0.242. The minimum absolute atomic E-state index is 0.0848. The number of carbonyl (C=O) groups is 1. The number of aliphatic hydroxyl groups excluding tert-OH is 1. The molecule has 1 amide bonds. The van der Waals surface area contributed by atoms with Gasteiger partial charge in [0.05, 0.1) is 12.6 Å². The van der Waals surface area contributed by atoms with Crippen molar-refractivity contribution in [3.05, 3.63) is 53.2 Å². The highest BCUT2D eigenvalue weighted by molar-refractivity contribution is 5.75. The lowest BCUT2D eigenvalue weighted by Crippen LogP contribution is -2.37. The van der Waals surface area contributed by atoms with Gasteiger partial charge in [0.15, 0.2) is 0 Å². The van der Waals surface area contributed by atoms with Crippen molar-refractivity contribution >= 4 is 5.91 Å². The van der Waals surface area contributed by atoms with Gasteiger partial charge in [0.25, 0.3) is 5.56 Å². The molecule has 0 aliphatic rings. The van der Waals surface area contributed by atoms with Gasteiger partial charge in [0.2, 0.25) is 5.91 Å². The Morgan fingerprint density at radius 2 is 2.20 bits per heavy atom. The molecule has 7 heteroatoms. The standard InChI is InChI=1S/C13H16N4O3/c18-11(9-16-6-2-1-4-13(16)20)8-14-12(19)10-17-7-3-5-15-17/h1-7,11,18H,8-10H2,(H,14,19). The Labute approximate surface area is 115 Å². The predicted molar refractivity (Wildman–Crippen MR) is 71.9 cm³/mol. The van der Waals surface area contributed by atoms with Crippen LogP contribution in [-0.2, 0) is 17.9 Å². The minimum Gasteiger partial charge on any atom is -0.389 e. The van der Waals surface area contributed by atoms with Crippen LogP contribution in [0.4, 0.5) is 0 Å². The molecular weight excluding hydrogens is 260 g/mol. The number of amides is 1. The largest absolute Gasteiger partial charge is 0.389 e. The molecule has 0 fully saturated rings. The van der Waals surface area contributed by atoms with Gasteiger partial charge in [-0.2, -0.15) is 5.10 Å². The van der Waals surface area contributed by atoms with E-state index in [9.17, 15) is 14.7 Å². The Kier molecular flexibility index (Phi) is 4.67. The highest BCUT2D eigenvalue weighted by Crippen LogP contribution is 1.90. The molecule has 2 rings (SSSR count). The average Bonchev–Trinajstić information content (AvgIpc) is 2.92. The second-order valence-corrected chi connectivity index (χ2v) is 4.35. The van der Waals surface area contributed by atoms with E-state index in [2.05, 4.69) is 10.4 Å². The first-order chi connectivity index (χ1) is 9.65. The van der Waals surface area contributed by atoms with E-state index in [1.165, 1.54) is 15.3 Å². The third-order valence-electron chi connectivity index (χ3n) is 2.71. The maximum Gasteiger partial charge on any atom is 0.250 e. The fraction of sp³-hybridized carbons (Fsp3) is 0.308. The monoisotopic (exact) mass is 276 g/mol. The van der Waals surface area contributed by atoms with Gasteiger partial charge in [0, 0.05) is 31.2 Å². The molecule has 0 aliphatic heterocycles. The molecule has 1 unspecified atom stereocenters. The summed E-state index contributed by atoms with van der Waals surface area (Å²) in [6.07, 6.45) is 4.04. The fourth-order valence-corrected chi connectivity index (χ4v) is 1.73. The normalized spacial score (nSPS) is 12.1. The van der Waals surface area contributed by atoms with Crippen molar-refractivity contribution < 1.29 is 9.90 Å². The number of hydrogen-bond donors (Lipinski definition) is 2. The van der Waals surface area contributed by atoms with E-state index in [4.69, 9.17) is 0 Å². The highest BCUT2D eigenvalue weighted by Gasteiger charge is 2.09. The van der Waals surface area contributed by atoms with Crippen LogP contribution < -0.4 is 10.9 Å². The lowest BCUT2D eigenvalue weighted by atomic mass is 10.3. The van der Waals surface area contributed by atoms with Crippen molar-refractivity contribution in [3.63, 3.8) is 0 Å². The third kappa shape index (κ3) is 4.06. The first-order valence-corrected chi connectivity index (χ1v) is 6.23. The lowest BCUT2D eigenvalue weighted by molar-refractivity contribution is -0.122. The summed E-state index contributed by atoms with van der Waals surface area (Å²) in [5.41, 5.74) is -0.186. The number of aromatic nitrogens is 3. The molecule has 0 bridgehead atoms. The molecule has 0 aliphatic carbocycles. The van der Waals surface area contributed by atoms with Gasteiger partial charge in [-0.25, -0.2) is 0 Å². The minimum atomic E-state index is -0.823. The lowest BCUT2D eigenvalue weighted by Gasteiger charge is -2.13. The summed E-state index contributed by atoms with van der Waals surface area (Å²) < 4.78 is 2.88. The molecular formula is C13H16N4O3. The van der Waals surface area contributed by atoms with Gasteiger partial charge in [-0.15, -0.1) is 0 Å². The summed E-state index contributed by atoms with van der Waals surface area (Å²) in [7, 11) is 0. The molecule has 0 spiro atoms. The molecule has 2 aromatic rings. The van der Waals surface area contributed by atoms with Crippen molar-refractivity contribution in [2.45, 2.75) is 19.2 Å². The van der Waals surface area contributed by atoms with Gasteiger partial charge < -0.3 is 15.0 Å². The number of hydrogen-bond acceptors (Lipinski definition) is 4. The Morgan fingerprint density at radius 3 is 2.90 bits per heavy atom. The zero-order valence-electron chi connectivity index (χ0n) is 10.8. The number of aliphatic hydroxyl groups is 1. The summed E-state index contributed by atoms with van der Waals surface area (Å²) in [4.78, 5) is 23.0. The van der Waals surface area contributed by atoms with Crippen LogP contribution in [0.1, 0.15) is 0 Å². The van der Waals surface area contributed by atoms with E-state index in [0.717, 1.165) is 0 Å². The van der Waals surface area contributed by atoms with Crippen LogP contribution in [0.3, 0.4) is 0 Å². The van der Waals surface area contributed by atoms with Gasteiger partial charge in [0.1, 0.15) is 6.54 Å². The van der Waals surface area contributed by atoms with Crippen molar-refractivity contribution in [2.24, 2.45) is 0 Å². The van der Waals surface area contributed by atoms with Crippen LogP contribution in [0, 0.1) is 0 Å². The summed E-state index contributed by atoms with van der Waals surface area (Å²) in [6, 6.07) is 6.49. The molecule has 2 aromatic heterocycles. The van der Waals surface area contributed by atoms with Crippen LogP contribution >= 0.6 is 0 Å². The number of pyridine rings is 1. The highest BCUT2D eigenvalue weighted by atomic mass is 16.3. The van der Waals surface area contributed by atoms with Gasteiger partial charge in [-0.3, -0.25) is 14.3 Å². The molecule has 0 saturated heterocycles. The second kappa shape index (κ2) is 6.67. The second-order valence-electron chi connectivity index (χ2n) is 4.35. The molecule has 0 aromatic carbocycles. The first kappa shape index (κ1) is 14.0. The average molecular weight is 276 g/mol. The smallest absolute Gasteiger partial charge is 0.250 e. The molecule has 1 atom stereocenters. The predicted octanol–water partition coefficient (Wildman–Crippen LogP) is -0.778. The zero-order chi connectivity index (χ0) is 14.4. The van der Waals surface area contributed by atoms with E-state index in [1.54, 1.807) is 36.8 Å². The van der Waals surface area contributed by atoms with Crippen molar-refractivity contribution in [1.82, 2.24) is 19.7 Å². The van der Waals surface area contributed by atoms with E-state index >= 15 is 0 Å². The Hall–Kier alpha value is -2.41. The van der Waals surface area contributed by atoms with Crippen molar-refractivity contribution in [1.29, 1.82) is 0 Å². The fourth-order valence-electron chi connectivity index (χ4n) is 1.73. The molecule has 2 heterocycles. The van der Waals surface area contributed by atoms with E-state index in [0.29, 0.717) is 0 Å². The van der Waals surface area contributed by atoms with E-state index in [-0.39, 0.29) is 31.1 Å². The third-order valence-corrected chi connectivity index (χ3v) is 2.71. The summed E-state index contributed by atoms with van der Waals surface area (Å²) in [5, 5.41) is 16.3. The maximum atomic E-state index is 11.6. The SMILES string of the molecule is O=C(Cn1cccn1)NCC(O)Cn1ccccc1=O. The molecule has 0 radical (unpaired) electrons. The Balaban J connectivity index is 1.78. The summed E-state index contributed by atoms with van der Waals surface area (Å²) >= 11 is 0. The Morgan fingerprint density at radius 1 is 1.35 bits per heavy atom. The van der Waals surface area contributed by atoms with E-state index in [1.807, 2.05) is 0 Å². The topological polar surface area (TPSA) is 89.2 Å². The van der Waals surface area contributed by atoms with Crippen LogP contribution in [0.2, 0.25) is 0 Å². The van der Waals surface area contributed by atoms with Gasteiger partial charge in [-0.05, 0) is 12.1 Å². The molecule has 106 valence electrons. The molecule has 0 saturated carbocycles. The number of carbonyl (C=O) groups excluding carboxylic acids is 1. The van der Waals surface area contributed by atoms with Crippen LogP contribution in [0.25, 0.3) is 0 Å². The quantitative estimate of drug-likeness (QED) is 0.724. The number of nitrogens with one attached hydrogen (secondary N) is 1. The van der Waals surface area contributed by atoms with Gasteiger partial charge >= 0.3 is 0 Å². The van der Waals surface area contributed by atoms with Crippen molar-refractivity contribution in [2.75, 3.05) is 6.54 Å². The first-order valence-electron chi connectivity index (χ1n) is 6.23. The van der Waals surface area contributed by atoms with Crippen LogP contribution in [0.5, 0.6) is 0 Å². The number of nitrogens with zero attached hydrogens (tertiary/aromatic N) is 3.